The Balaban J connectivity index is 1.98. The highest BCUT2D eigenvalue weighted by molar-refractivity contribution is 6.11. The van der Waals surface area contributed by atoms with Gasteiger partial charge in [0.05, 0.1) is 12.2 Å². The second kappa shape index (κ2) is 8.75. The first-order chi connectivity index (χ1) is 14.0. The standard InChI is InChI=1S/C21H22N4O4/c1-4-14-7-8-17(13(2)10-14)23-20-18(21(28)24-29-12-15(27)11-26)16-6-5-9-22-19(16)25(20)3/h1,5-10,15,23,26-27H,11-12H2,2-3H3,(H,24,28)/t15-/m0/s1. The van der Waals surface area contributed by atoms with Gasteiger partial charge in [-0.2, -0.15) is 0 Å². The maximum Gasteiger partial charge on any atom is 0.279 e. The summed E-state index contributed by atoms with van der Waals surface area (Å²) in [6, 6.07) is 9.08. The van der Waals surface area contributed by atoms with Crippen molar-refractivity contribution in [3.05, 3.63) is 53.2 Å². The van der Waals surface area contributed by atoms with E-state index in [2.05, 4.69) is 21.7 Å². The molecule has 150 valence electrons. The average Bonchev–Trinajstić information content (AvgIpc) is 3.01. The molecule has 0 fully saturated rings. The van der Waals surface area contributed by atoms with Gasteiger partial charge in [-0.15, -0.1) is 6.42 Å². The molecule has 29 heavy (non-hydrogen) atoms. The lowest BCUT2D eigenvalue weighted by Crippen LogP contribution is -2.30. The van der Waals surface area contributed by atoms with Crippen LogP contribution < -0.4 is 10.8 Å². The molecule has 0 unspecified atom stereocenters. The number of hydroxylamine groups is 1. The van der Waals surface area contributed by atoms with Crippen LogP contribution in [0.1, 0.15) is 21.5 Å². The van der Waals surface area contributed by atoms with Crippen molar-refractivity contribution >= 4 is 28.4 Å². The van der Waals surface area contributed by atoms with Crippen molar-refractivity contribution in [2.45, 2.75) is 13.0 Å². The molecule has 3 aromatic rings. The normalized spacial score (nSPS) is 11.8. The van der Waals surface area contributed by atoms with Crippen molar-refractivity contribution in [2.75, 3.05) is 18.5 Å². The monoisotopic (exact) mass is 394 g/mol. The molecule has 1 aromatic carbocycles. The number of benzene rings is 1. The third kappa shape index (κ3) is 4.22. The molecule has 3 rings (SSSR count). The lowest BCUT2D eigenvalue weighted by atomic mass is 10.1. The van der Waals surface area contributed by atoms with Gasteiger partial charge in [-0.1, -0.05) is 5.92 Å². The van der Waals surface area contributed by atoms with Crippen LogP contribution in [0.5, 0.6) is 0 Å². The van der Waals surface area contributed by atoms with Crippen LogP contribution in [0.15, 0.2) is 36.5 Å². The van der Waals surface area contributed by atoms with Crippen molar-refractivity contribution in [3.63, 3.8) is 0 Å². The summed E-state index contributed by atoms with van der Waals surface area (Å²) in [6.45, 7) is 1.22. The zero-order valence-corrected chi connectivity index (χ0v) is 16.1. The highest BCUT2D eigenvalue weighted by Gasteiger charge is 2.23. The molecule has 2 heterocycles. The molecule has 2 aromatic heterocycles. The molecule has 1 atom stereocenters. The number of aliphatic hydroxyl groups is 2. The molecule has 4 N–H and O–H groups in total. The quantitative estimate of drug-likeness (QED) is 0.358. The Morgan fingerprint density at radius 1 is 1.41 bits per heavy atom. The molecule has 0 saturated carbocycles. The Hall–Kier alpha value is -3.38. The van der Waals surface area contributed by atoms with Crippen LogP contribution in [-0.4, -0.2) is 45.0 Å². The number of anilines is 2. The fraction of sp³-hybridized carbons (Fsp3) is 0.238. The summed E-state index contributed by atoms with van der Waals surface area (Å²) in [6.07, 6.45) is 6.02. The molecule has 0 aliphatic rings. The second-order valence-corrected chi connectivity index (χ2v) is 6.53. The second-order valence-electron chi connectivity index (χ2n) is 6.53. The van der Waals surface area contributed by atoms with Crippen LogP contribution in [-0.2, 0) is 11.9 Å². The number of carbonyl (C=O) groups excluding carboxylic acids is 1. The van der Waals surface area contributed by atoms with E-state index >= 15 is 0 Å². The summed E-state index contributed by atoms with van der Waals surface area (Å²) in [4.78, 5) is 22.2. The van der Waals surface area contributed by atoms with Crippen molar-refractivity contribution in [3.8, 4) is 12.3 Å². The van der Waals surface area contributed by atoms with Crippen LogP contribution in [0.4, 0.5) is 11.5 Å². The Labute approximate surface area is 168 Å². The van der Waals surface area contributed by atoms with Crippen molar-refractivity contribution in [2.24, 2.45) is 7.05 Å². The van der Waals surface area contributed by atoms with Crippen LogP contribution >= 0.6 is 0 Å². The zero-order chi connectivity index (χ0) is 21.0. The molecule has 0 radical (unpaired) electrons. The van der Waals surface area contributed by atoms with Gasteiger partial charge in [-0.05, 0) is 42.8 Å². The van der Waals surface area contributed by atoms with Crippen molar-refractivity contribution in [1.29, 1.82) is 0 Å². The van der Waals surface area contributed by atoms with Gasteiger partial charge in [-0.25, -0.2) is 10.5 Å². The summed E-state index contributed by atoms with van der Waals surface area (Å²) in [5.74, 6) is 2.62. The van der Waals surface area contributed by atoms with E-state index in [0.717, 1.165) is 16.8 Å². The van der Waals surface area contributed by atoms with Crippen LogP contribution in [0.3, 0.4) is 0 Å². The van der Waals surface area contributed by atoms with E-state index in [0.29, 0.717) is 22.4 Å². The number of pyridine rings is 1. The number of nitrogens with one attached hydrogen (secondary N) is 2. The molecular weight excluding hydrogens is 372 g/mol. The Morgan fingerprint density at radius 3 is 2.90 bits per heavy atom. The summed E-state index contributed by atoms with van der Waals surface area (Å²) >= 11 is 0. The smallest absolute Gasteiger partial charge is 0.279 e. The Bertz CT molecular complexity index is 1080. The average molecular weight is 394 g/mol. The third-order valence-corrected chi connectivity index (χ3v) is 4.47. The number of aryl methyl sites for hydroxylation is 2. The first-order valence-electron chi connectivity index (χ1n) is 8.95. The Morgan fingerprint density at radius 2 is 2.21 bits per heavy atom. The summed E-state index contributed by atoms with van der Waals surface area (Å²) in [5, 5.41) is 22.2. The molecule has 8 heteroatoms. The number of rotatable bonds is 7. The van der Waals surface area contributed by atoms with E-state index in [1.807, 2.05) is 25.1 Å². The van der Waals surface area contributed by atoms with Gasteiger partial charge in [0.15, 0.2) is 0 Å². The molecule has 0 saturated heterocycles. The van der Waals surface area contributed by atoms with Gasteiger partial charge < -0.3 is 20.1 Å². The molecule has 1 amide bonds. The van der Waals surface area contributed by atoms with E-state index < -0.39 is 18.6 Å². The summed E-state index contributed by atoms with van der Waals surface area (Å²) < 4.78 is 1.78. The minimum atomic E-state index is -1.08. The first kappa shape index (κ1) is 20.4. The van der Waals surface area contributed by atoms with Crippen LogP contribution in [0.25, 0.3) is 11.0 Å². The van der Waals surface area contributed by atoms with Crippen LogP contribution in [0, 0.1) is 19.3 Å². The highest BCUT2D eigenvalue weighted by Crippen LogP contribution is 2.31. The van der Waals surface area contributed by atoms with E-state index in [4.69, 9.17) is 16.4 Å². The van der Waals surface area contributed by atoms with Crippen LogP contribution in [0.2, 0.25) is 0 Å². The minimum Gasteiger partial charge on any atom is -0.394 e. The van der Waals surface area contributed by atoms with E-state index in [-0.39, 0.29) is 6.61 Å². The van der Waals surface area contributed by atoms with E-state index in [9.17, 15) is 9.90 Å². The summed E-state index contributed by atoms with van der Waals surface area (Å²) in [7, 11) is 1.80. The van der Waals surface area contributed by atoms with Crippen molar-refractivity contribution in [1.82, 2.24) is 15.0 Å². The Kier molecular flexibility index (Phi) is 6.14. The SMILES string of the molecule is C#Cc1ccc(Nc2c(C(=O)NOC[C@@H](O)CO)c3cccnc3n2C)c(C)c1. The molecular formula is C21H22N4O4. The summed E-state index contributed by atoms with van der Waals surface area (Å²) in [5.41, 5.74) is 5.75. The predicted molar refractivity (Wildman–Crippen MR) is 110 cm³/mol. The number of nitrogens with zero attached hydrogens (tertiary/aromatic N) is 2. The highest BCUT2D eigenvalue weighted by atomic mass is 16.7. The maximum atomic E-state index is 12.9. The first-order valence-corrected chi connectivity index (χ1v) is 8.95. The molecule has 0 bridgehead atoms. The lowest BCUT2D eigenvalue weighted by Gasteiger charge is -2.14. The number of terminal acetylenes is 1. The molecule has 0 aliphatic carbocycles. The van der Waals surface area contributed by atoms with Gasteiger partial charge in [0.25, 0.3) is 5.91 Å². The third-order valence-electron chi connectivity index (χ3n) is 4.47. The lowest BCUT2D eigenvalue weighted by molar-refractivity contribution is -0.0294. The maximum absolute atomic E-state index is 12.9. The number of amides is 1. The molecule has 0 aliphatic heterocycles. The largest absolute Gasteiger partial charge is 0.394 e. The van der Waals surface area contributed by atoms with Gasteiger partial charge in [0.1, 0.15) is 24.2 Å². The topological polar surface area (TPSA) is 109 Å². The van der Waals surface area contributed by atoms with E-state index in [1.54, 1.807) is 29.9 Å². The fourth-order valence-corrected chi connectivity index (χ4v) is 2.97. The fourth-order valence-electron chi connectivity index (χ4n) is 2.97. The number of hydrogen-bond donors (Lipinski definition) is 4. The number of aromatic nitrogens is 2. The number of aliphatic hydroxyl groups excluding tert-OH is 2. The van der Waals surface area contributed by atoms with Gasteiger partial charge in [0.2, 0.25) is 0 Å². The van der Waals surface area contributed by atoms with Gasteiger partial charge >= 0.3 is 0 Å². The van der Waals surface area contributed by atoms with Crippen molar-refractivity contribution < 1.29 is 19.8 Å². The number of carbonyl (C=O) groups is 1. The number of hydrogen-bond acceptors (Lipinski definition) is 6. The minimum absolute atomic E-state index is 0.235. The predicted octanol–water partition coefficient (Wildman–Crippen LogP) is 1.62. The van der Waals surface area contributed by atoms with Gasteiger partial charge in [-0.3, -0.25) is 9.63 Å². The molecule has 0 spiro atoms. The molecule has 8 nitrogen and oxygen atoms in total. The van der Waals surface area contributed by atoms with E-state index in [1.165, 1.54) is 0 Å². The van der Waals surface area contributed by atoms with Gasteiger partial charge in [0, 0.05) is 29.9 Å². The zero-order valence-electron chi connectivity index (χ0n) is 16.1. The number of fused-ring (bicyclic) bond motifs is 1.